The SMILES string of the molecule is CNC1(C(N)=O)CCCC1CCN1CC(C)OC(C)C1. The predicted molar refractivity (Wildman–Crippen MR) is 79.4 cm³/mol. The second-order valence-corrected chi connectivity index (χ2v) is 6.48. The molecule has 4 atom stereocenters. The number of amides is 1. The number of primary amides is 1. The molecule has 1 saturated heterocycles. The average Bonchev–Trinajstić information content (AvgIpc) is 2.79. The number of carbonyl (C=O) groups excluding carboxylic acids is 1. The van der Waals surface area contributed by atoms with Crippen LogP contribution < -0.4 is 11.1 Å². The van der Waals surface area contributed by atoms with Crippen LogP contribution in [0.2, 0.25) is 0 Å². The van der Waals surface area contributed by atoms with Crippen LogP contribution in [-0.2, 0) is 9.53 Å². The molecule has 1 aliphatic carbocycles. The van der Waals surface area contributed by atoms with Crippen LogP contribution in [0.5, 0.6) is 0 Å². The molecule has 0 aromatic heterocycles. The first-order valence-corrected chi connectivity index (χ1v) is 7.84. The van der Waals surface area contributed by atoms with E-state index in [4.69, 9.17) is 10.5 Å². The Morgan fingerprint density at radius 3 is 2.60 bits per heavy atom. The van der Waals surface area contributed by atoms with Gasteiger partial charge in [0.05, 0.1) is 12.2 Å². The van der Waals surface area contributed by atoms with Crippen LogP contribution in [0, 0.1) is 5.92 Å². The highest BCUT2D eigenvalue weighted by Crippen LogP contribution is 2.37. The molecule has 5 nitrogen and oxygen atoms in total. The van der Waals surface area contributed by atoms with Crippen LogP contribution in [0.25, 0.3) is 0 Å². The monoisotopic (exact) mass is 283 g/mol. The Morgan fingerprint density at radius 1 is 1.40 bits per heavy atom. The summed E-state index contributed by atoms with van der Waals surface area (Å²) >= 11 is 0. The Balaban J connectivity index is 1.91. The number of morpholine rings is 1. The lowest BCUT2D eigenvalue weighted by Gasteiger charge is -2.37. The van der Waals surface area contributed by atoms with Gasteiger partial charge >= 0.3 is 0 Å². The standard InChI is InChI=1S/C15H29N3O2/c1-11-9-18(10-12(2)20-11)8-6-13-5-4-7-15(13,17-3)14(16)19/h11-13,17H,4-10H2,1-3H3,(H2,16,19). The second-order valence-electron chi connectivity index (χ2n) is 6.48. The minimum Gasteiger partial charge on any atom is -0.373 e. The minimum absolute atomic E-state index is 0.189. The van der Waals surface area contributed by atoms with E-state index in [2.05, 4.69) is 24.1 Å². The van der Waals surface area contributed by atoms with Gasteiger partial charge in [-0.3, -0.25) is 9.69 Å². The number of rotatable bonds is 5. The number of carbonyl (C=O) groups is 1. The van der Waals surface area contributed by atoms with Crippen LogP contribution in [-0.4, -0.2) is 55.2 Å². The van der Waals surface area contributed by atoms with Crippen molar-refractivity contribution >= 4 is 5.91 Å². The fraction of sp³-hybridized carbons (Fsp3) is 0.933. The van der Waals surface area contributed by atoms with Crippen LogP contribution in [0.4, 0.5) is 0 Å². The quantitative estimate of drug-likeness (QED) is 0.780. The molecule has 3 N–H and O–H groups in total. The lowest BCUT2D eigenvalue weighted by atomic mass is 9.84. The fourth-order valence-electron chi connectivity index (χ4n) is 4.05. The number of nitrogens with zero attached hydrogens (tertiary/aromatic N) is 1. The third kappa shape index (κ3) is 3.15. The Morgan fingerprint density at radius 2 is 2.05 bits per heavy atom. The van der Waals surface area contributed by atoms with Gasteiger partial charge in [0.1, 0.15) is 5.54 Å². The zero-order valence-corrected chi connectivity index (χ0v) is 13.0. The first-order valence-electron chi connectivity index (χ1n) is 7.84. The summed E-state index contributed by atoms with van der Waals surface area (Å²) in [6, 6.07) is 0. The molecule has 5 heteroatoms. The molecule has 1 aliphatic heterocycles. The molecule has 1 amide bonds. The molecule has 1 saturated carbocycles. The number of likely N-dealkylation sites (N-methyl/N-ethyl adjacent to an activating group) is 1. The van der Waals surface area contributed by atoms with Crippen LogP contribution in [0.15, 0.2) is 0 Å². The minimum atomic E-state index is -0.483. The van der Waals surface area contributed by atoms with Crippen molar-refractivity contribution in [3.63, 3.8) is 0 Å². The molecule has 0 bridgehead atoms. The number of ether oxygens (including phenoxy) is 1. The summed E-state index contributed by atoms with van der Waals surface area (Å²) in [4.78, 5) is 14.3. The van der Waals surface area contributed by atoms with E-state index in [9.17, 15) is 4.79 Å². The van der Waals surface area contributed by atoms with Crippen molar-refractivity contribution in [1.29, 1.82) is 0 Å². The first kappa shape index (κ1) is 15.7. The van der Waals surface area contributed by atoms with Gasteiger partial charge < -0.3 is 15.8 Å². The Kier molecular flexibility index (Phi) is 5.04. The van der Waals surface area contributed by atoms with Gasteiger partial charge in [-0.2, -0.15) is 0 Å². The van der Waals surface area contributed by atoms with Crippen LogP contribution in [0.3, 0.4) is 0 Å². The van der Waals surface area contributed by atoms with Crippen molar-refractivity contribution in [2.24, 2.45) is 11.7 Å². The summed E-state index contributed by atoms with van der Waals surface area (Å²) in [5, 5.41) is 3.21. The number of hydrogen-bond acceptors (Lipinski definition) is 4. The highest BCUT2D eigenvalue weighted by molar-refractivity contribution is 5.85. The average molecular weight is 283 g/mol. The van der Waals surface area contributed by atoms with Gasteiger partial charge in [0.2, 0.25) is 5.91 Å². The fourth-order valence-corrected chi connectivity index (χ4v) is 4.05. The maximum atomic E-state index is 11.8. The first-order chi connectivity index (χ1) is 9.48. The molecular weight excluding hydrogens is 254 g/mol. The molecule has 4 unspecified atom stereocenters. The lowest BCUT2D eigenvalue weighted by molar-refractivity contribution is -0.126. The highest BCUT2D eigenvalue weighted by Gasteiger charge is 2.46. The Labute approximate surface area is 122 Å². The molecule has 2 aliphatic rings. The van der Waals surface area contributed by atoms with Crippen molar-refractivity contribution in [1.82, 2.24) is 10.2 Å². The van der Waals surface area contributed by atoms with Crippen molar-refractivity contribution in [2.45, 2.75) is 57.3 Å². The smallest absolute Gasteiger partial charge is 0.238 e. The van der Waals surface area contributed by atoms with Gasteiger partial charge in [0.15, 0.2) is 0 Å². The Hall–Kier alpha value is -0.650. The zero-order chi connectivity index (χ0) is 14.8. The van der Waals surface area contributed by atoms with Crippen molar-refractivity contribution < 1.29 is 9.53 Å². The zero-order valence-electron chi connectivity index (χ0n) is 13.0. The van der Waals surface area contributed by atoms with Gasteiger partial charge in [0.25, 0.3) is 0 Å². The van der Waals surface area contributed by atoms with Gasteiger partial charge in [-0.15, -0.1) is 0 Å². The number of nitrogens with two attached hydrogens (primary N) is 1. The summed E-state index contributed by atoms with van der Waals surface area (Å²) < 4.78 is 5.76. The molecule has 2 fully saturated rings. The van der Waals surface area contributed by atoms with Crippen LogP contribution in [0.1, 0.15) is 39.5 Å². The lowest BCUT2D eigenvalue weighted by Crippen LogP contribution is -2.57. The van der Waals surface area contributed by atoms with E-state index in [-0.39, 0.29) is 5.91 Å². The number of hydrogen-bond donors (Lipinski definition) is 2. The molecular formula is C15H29N3O2. The van der Waals surface area contributed by atoms with E-state index in [0.29, 0.717) is 18.1 Å². The molecule has 0 aromatic carbocycles. The van der Waals surface area contributed by atoms with E-state index >= 15 is 0 Å². The van der Waals surface area contributed by atoms with Crippen molar-refractivity contribution in [2.75, 3.05) is 26.7 Å². The van der Waals surface area contributed by atoms with E-state index in [0.717, 1.165) is 45.3 Å². The molecule has 0 radical (unpaired) electrons. The van der Waals surface area contributed by atoms with E-state index < -0.39 is 5.54 Å². The number of nitrogens with one attached hydrogen (secondary N) is 1. The van der Waals surface area contributed by atoms with Gasteiger partial charge in [-0.1, -0.05) is 6.42 Å². The third-order valence-electron chi connectivity index (χ3n) is 5.00. The topological polar surface area (TPSA) is 67.6 Å². The maximum Gasteiger partial charge on any atom is 0.238 e. The van der Waals surface area contributed by atoms with Gasteiger partial charge in [-0.25, -0.2) is 0 Å². The van der Waals surface area contributed by atoms with Crippen LogP contribution >= 0.6 is 0 Å². The molecule has 116 valence electrons. The largest absolute Gasteiger partial charge is 0.373 e. The summed E-state index contributed by atoms with van der Waals surface area (Å²) in [6.07, 6.45) is 4.69. The molecule has 2 rings (SSSR count). The highest BCUT2D eigenvalue weighted by atomic mass is 16.5. The molecule has 20 heavy (non-hydrogen) atoms. The van der Waals surface area contributed by atoms with E-state index in [1.165, 1.54) is 0 Å². The van der Waals surface area contributed by atoms with Gasteiger partial charge in [0, 0.05) is 13.1 Å². The molecule has 0 spiro atoms. The van der Waals surface area contributed by atoms with Crippen molar-refractivity contribution in [3.05, 3.63) is 0 Å². The summed E-state index contributed by atoms with van der Waals surface area (Å²) in [6.45, 7) is 7.25. The molecule has 1 heterocycles. The normalized spacial score (nSPS) is 39.0. The van der Waals surface area contributed by atoms with E-state index in [1.807, 2.05) is 7.05 Å². The van der Waals surface area contributed by atoms with Gasteiger partial charge in [-0.05, 0) is 52.6 Å². The maximum absolute atomic E-state index is 11.8. The summed E-state index contributed by atoms with van der Waals surface area (Å²) in [7, 11) is 1.86. The van der Waals surface area contributed by atoms with Crippen molar-refractivity contribution in [3.8, 4) is 0 Å². The Bertz CT molecular complexity index is 340. The van der Waals surface area contributed by atoms with E-state index in [1.54, 1.807) is 0 Å². The predicted octanol–water partition coefficient (Wildman–Crippen LogP) is 0.729. The summed E-state index contributed by atoms with van der Waals surface area (Å²) in [5.74, 6) is 0.171. The third-order valence-corrected chi connectivity index (χ3v) is 5.00. The second kappa shape index (κ2) is 6.41. The molecule has 0 aromatic rings. The summed E-state index contributed by atoms with van der Waals surface area (Å²) in [5.41, 5.74) is 5.17.